The molecule has 0 bridgehead atoms. The standard InChI is InChI=1S/C19H20N2O4/c1-25-17-11-13(6-9-15(17)19(23)24)12-4-7-14(8-5-12)21-18(22)16-3-2-10-20-16/h4-9,11,16,20H,2-3,10H2,1H3,(H,21,22)(H,23,24)/t16-/m1/s1. The second kappa shape index (κ2) is 7.36. The fraction of sp³-hybridized carbons (Fsp3) is 0.263. The number of methoxy groups -OCH3 is 1. The molecule has 0 saturated carbocycles. The third-order valence-corrected chi connectivity index (χ3v) is 4.29. The lowest BCUT2D eigenvalue weighted by Crippen LogP contribution is -2.35. The maximum atomic E-state index is 12.1. The Balaban J connectivity index is 1.75. The molecule has 1 aliphatic heterocycles. The summed E-state index contributed by atoms with van der Waals surface area (Å²) in [5, 5.41) is 15.2. The summed E-state index contributed by atoms with van der Waals surface area (Å²) in [6.45, 7) is 0.880. The van der Waals surface area contributed by atoms with Gasteiger partial charge in [-0.25, -0.2) is 4.79 Å². The number of carboxylic acids is 1. The van der Waals surface area contributed by atoms with Gasteiger partial charge in [-0.05, 0) is 54.8 Å². The Labute approximate surface area is 145 Å². The van der Waals surface area contributed by atoms with Gasteiger partial charge in [0.05, 0.1) is 13.2 Å². The van der Waals surface area contributed by atoms with Gasteiger partial charge in [0, 0.05) is 5.69 Å². The number of rotatable bonds is 5. The van der Waals surface area contributed by atoms with Crippen molar-refractivity contribution in [3.8, 4) is 16.9 Å². The topological polar surface area (TPSA) is 87.7 Å². The van der Waals surface area contributed by atoms with Gasteiger partial charge in [-0.2, -0.15) is 0 Å². The molecule has 3 N–H and O–H groups in total. The van der Waals surface area contributed by atoms with Crippen LogP contribution < -0.4 is 15.4 Å². The van der Waals surface area contributed by atoms with E-state index < -0.39 is 5.97 Å². The highest BCUT2D eigenvalue weighted by atomic mass is 16.5. The minimum Gasteiger partial charge on any atom is -0.496 e. The molecule has 0 aliphatic carbocycles. The number of carbonyl (C=O) groups excluding carboxylic acids is 1. The number of aromatic carboxylic acids is 1. The van der Waals surface area contributed by atoms with E-state index in [1.807, 2.05) is 24.3 Å². The van der Waals surface area contributed by atoms with Crippen molar-refractivity contribution in [2.45, 2.75) is 18.9 Å². The van der Waals surface area contributed by atoms with Crippen LogP contribution >= 0.6 is 0 Å². The molecule has 25 heavy (non-hydrogen) atoms. The van der Waals surface area contributed by atoms with Crippen molar-refractivity contribution in [1.29, 1.82) is 0 Å². The fourth-order valence-electron chi connectivity index (χ4n) is 2.93. The van der Waals surface area contributed by atoms with E-state index in [1.165, 1.54) is 13.2 Å². The smallest absolute Gasteiger partial charge is 0.339 e. The number of benzene rings is 2. The highest BCUT2D eigenvalue weighted by Crippen LogP contribution is 2.28. The molecule has 3 rings (SSSR count). The van der Waals surface area contributed by atoms with Crippen LogP contribution in [0.1, 0.15) is 23.2 Å². The predicted molar refractivity (Wildman–Crippen MR) is 95.0 cm³/mol. The van der Waals surface area contributed by atoms with Gasteiger partial charge in [-0.3, -0.25) is 4.79 Å². The third-order valence-electron chi connectivity index (χ3n) is 4.29. The third kappa shape index (κ3) is 3.80. The van der Waals surface area contributed by atoms with Crippen molar-refractivity contribution in [2.75, 3.05) is 19.0 Å². The summed E-state index contributed by atoms with van der Waals surface area (Å²) in [7, 11) is 1.45. The van der Waals surface area contributed by atoms with Gasteiger partial charge in [-0.1, -0.05) is 18.2 Å². The summed E-state index contributed by atoms with van der Waals surface area (Å²) < 4.78 is 5.16. The molecule has 1 atom stereocenters. The summed E-state index contributed by atoms with van der Waals surface area (Å²) in [5.74, 6) is -0.727. The van der Waals surface area contributed by atoms with E-state index in [0.717, 1.165) is 36.2 Å². The number of ether oxygens (including phenoxy) is 1. The molecular formula is C19H20N2O4. The molecule has 0 radical (unpaired) electrons. The number of nitrogens with one attached hydrogen (secondary N) is 2. The molecule has 1 fully saturated rings. The fourth-order valence-corrected chi connectivity index (χ4v) is 2.93. The predicted octanol–water partition coefficient (Wildman–Crippen LogP) is 2.75. The average Bonchev–Trinajstić information content (AvgIpc) is 3.16. The van der Waals surface area contributed by atoms with Crippen LogP contribution in [0.4, 0.5) is 5.69 Å². The summed E-state index contributed by atoms with van der Waals surface area (Å²) in [5.41, 5.74) is 2.61. The normalized spacial score (nSPS) is 16.4. The molecule has 0 spiro atoms. The lowest BCUT2D eigenvalue weighted by molar-refractivity contribution is -0.117. The van der Waals surface area contributed by atoms with E-state index in [-0.39, 0.29) is 17.5 Å². The van der Waals surface area contributed by atoms with Crippen LogP contribution in [0, 0.1) is 0 Å². The van der Waals surface area contributed by atoms with Gasteiger partial charge in [-0.15, -0.1) is 0 Å². The Hall–Kier alpha value is -2.86. The first-order valence-corrected chi connectivity index (χ1v) is 8.14. The maximum Gasteiger partial charge on any atom is 0.339 e. The summed E-state index contributed by atoms with van der Waals surface area (Å²) in [6, 6.07) is 12.3. The van der Waals surface area contributed by atoms with Crippen molar-refractivity contribution < 1.29 is 19.4 Å². The van der Waals surface area contributed by atoms with Crippen molar-refractivity contribution >= 4 is 17.6 Å². The maximum absolute atomic E-state index is 12.1. The van der Waals surface area contributed by atoms with Crippen LogP contribution in [-0.4, -0.2) is 36.7 Å². The van der Waals surface area contributed by atoms with Gasteiger partial charge in [0.15, 0.2) is 0 Å². The van der Waals surface area contributed by atoms with Gasteiger partial charge >= 0.3 is 5.97 Å². The van der Waals surface area contributed by atoms with Crippen LogP contribution in [0.15, 0.2) is 42.5 Å². The molecule has 0 aromatic heterocycles. The number of carbonyl (C=O) groups is 2. The molecule has 6 nitrogen and oxygen atoms in total. The number of hydrogen-bond acceptors (Lipinski definition) is 4. The second-order valence-corrected chi connectivity index (χ2v) is 5.94. The number of anilines is 1. The van der Waals surface area contributed by atoms with Gasteiger partial charge in [0.2, 0.25) is 5.91 Å². The molecule has 0 unspecified atom stereocenters. The number of carboxylic acid groups (broad SMARTS) is 1. The molecule has 2 aromatic carbocycles. The molecule has 2 aromatic rings. The van der Waals surface area contributed by atoms with E-state index in [0.29, 0.717) is 5.75 Å². The van der Waals surface area contributed by atoms with E-state index in [1.54, 1.807) is 12.1 Å². The van der Waals surface area contributed by atoms with Crippen molar-refractivity contribution in [3.63, 3.8) is 0 Å². The summed E-state index contributed by atoms with van der Waals surface area (Å²) in [4.78, 5) is 23.3. The summed E-state index contributed by atoms with van der Waals surface area (Å²) in [6.07, 6.45) is 1.88. The summed E-state index contributed by atoms with van der Waals surface area (Å²) >= 11 is 0. The van der Waals surface area contributed by atoms with Gasteiger partial charge < -0.3 is 20.5 Å². The van der Waals surface area contributed by atoms with Crippen molar-refractivity contribution in [3.05, 3.63) is 48.0 Å². The van der Waals surface area contributed by atoms with Crippen molar-refractivity contribution in [1.82, 2.24) is 5.32 Å². The zero-order valence-corrected chi connectivity index (χ0v) is 13.9. The van der Waals surface area contributed by atoms with Crippen LogP contribution in [-0.2, 0) is 4.79 Å². The largest absolute Gasteiger partial charge is 0.496 e. The number of amides is 1. The molecule has 6 heteroatoms. The lowest BCUT2D eigenvalue weighted by Gasteiger charge is -2.12. The Morgan fingerprint density at radius 1 is 1.16 bits per heavy atom. The highest BCUT2D eigenvalue weighted by Gasteiger charge is 2.21. The van der Waals surface area contributed by atoms with E-state index in [2.05, 4.69) is 10.6 Å². The first-order valence-electron chi connectivity index (χ1n) is 8.14. The molecule has 1 aliphatic rings. The monoisotopic (exact) mass is 340 g/mol. The van der Waals surface area contributed by atoms with Crippen molar-refractivity contribution in [2.24, 2.45) is 0 Å². The van der Waals surface area contributed by atoms with Crippen LogP contribution in [0.25, 0.3) is 11.1 Å². The zero-order valence-electron chi connectivity index (χ0n) is 13.9. The first-order chi connectivity index (χ1) is 12.1. The Morgan fingerprint density at radius 2 is 1.88 bits per heavy atom. The van der Waals surface area contributed by atoms with E-state index >= 15 is 0 Å². The Bertz CT molecular complexity index is 781. The van der Waals surface area contributed by atoms with Crippen LogP contribution in [0.5, 0.6) is 5.75 Å². The molecular weight excluding hydrogens is 320 g/mol. The molecule has 1 heterocycles. The molecule has 1 saturated heterocycles. The quantitative estimate of drug-likeness (QED) is 0.779. The molecule has 1 amide bonds. The van der Waals surface area contributed by atoms with E-state index in [4.69, 9.17) is 9.84 Å². The minimum atomic E-state index is -1.03. The first kappa shape index (κ1) is 17.0. The Kier molecular flexibility index (Phi) is 5.00. The average molecular weight is 340 g/mol. The van der Waals surface area contributed by atoms with Gasteiger partial charge in [0.1, 0.15) is 11.3 Å². The second-order valence-electron chi connectivity index (χ2n) is 5.94. The molecule has 130 valence electrons. The lowest BCUT2D eigenvalue weighted by atomic mass is 10.0. The van der Waals surface area contributed by atoms with Gasteiger partial charge in [0.25, 0.3) is 0 Å². The van der Waals surface area contributed by atoms with Crippen LogP contribution in [0.3, 0.4) is 0 Å². The minimum absolute atomic E-state index is 0.0160. The highest BCUT2D eigenvalue weighted by molar-refractivity contribution is 5.95. The van der Waals surface area contributed by atoms with E-state index in [9.17, 15) is 9.59 Å². The number of hydrogen-bond donors (Lipinski definition) is 3. The Morgan fingerprint density at radius 3 is 2.48 bits per heavy atom. The van der Waals surface area contributed by atoms with Crippen LogP contribution in [0.2, 0.25) is 0 Å². The SMILES string of the molecule is COc1cc(-c2ccc(NC(=O)[C@H]3CCCN3)cc2)ccc1C(=O)O. The zero-order chi connectivity index (χ0) is 17.8.